The van der Waals surface area contributed by atoms with Crippen LogP contribution in [0.5, 0.6) is 0 Å². The first kappa shape index (κ1) is 12.6. The van der Waals surface area contributed by atoms with Crippen LogP contribution >= 0.6 is 43.5 Å². The largest absolute Gasteiger partial charge is 0.292 e. The topological polar surface area (TPSA) is 60.2 Å². The van der Waals surface area contributed by atoms with Gasteiger partial charge in [-0.15, -0.1) is 0 Å². The standard InChI is InChI=1S/C8H4Br2ClNO3/c9-8(10)7(13)5-3-4(11)1-2-6(5)12(14)15/h1-3,8H. The van der Waals surface area contributed by atoms with E-state index in [1.807, 2.05) is 0 Å². The number of nitrogens with zero attached hydrogens (tertiary/aromatic N) is 1. The Bertz CT molecular complexity index is 422. The van der Waals surface area contributed by atoms with Crippen molar-refractivity contribution >= 4 is 54.9 Å². The minimum atomic E-state index is -0.665. The van der Waals surface area contributed by atoms with Gasteiger partial charge < -0.3 is 0 Å². The number of alkyl halides is 2. The Morgan fingerprint density at radius 2 is 2.07 bits per heavy atom. The van der Waals surface area contributed by atoms with E-state index in [1.165, 1.54) is 18.2 Å². The quantitative estimate of drug-likeness (QED) is 0.360. The molecule has 0 aliphatic heterocycles. The van der Waals surface area contributed by atoms with Crippen LogP contribution in [0.1, 0.15) is 10.4 Å². The van der Waals surface area contributed by atoms with Gasteiger partial charge in [0.1, 0.15) is 3.74 Å². The number of halogens is 3. The van der Waals surface area contributed by atoms with Gasteiger partial charge in [-0.2, -0.15) is 0 Å². The molecule has 0 atom stereocenters. The summed E-state index contributed by atoms with van der Waals surface area (Å²) in [6, 6.07) is 3.85. The molecule has 0 aromatic heterocycles. The monoisotopic (exact) mass is 355 g/mol. The summed E-state index contributed by atoms with van der Waals surface area (Å²) in [5.74, 6) is -0.441. The minimum absolute atomic E-state index is 0.0220. The highest BCUT2D eigenvalue weighted by Gasteiger charge is 2.23. The Hall–Kier alpha value is -0.460. The maximum Gasteiger partial charge on any atom is 0.280 e. The van der Waals surface area contributed by atoms with E-state index in [1.54, 1.807) is 0 Å². The maximum absolute atomic E-state index is 11.6. The van der Waals surface area contributed by atoms with Crippen molar-refractivity contribution < 1.29 is 9.72 Å². The fourth-order valence-corrected chi connectivity index (χ4v) is 1.65. The normalized spacial score (nSPS) is 10.4. The molecule has 0 N–H and O–H groups in total. The van der Waals surface area contributed by atoms with Crippen LogP contribution in [0.15, 0.2) is 18.2 Å². The fraction of sp³-hybridized carbons (Fsp3) is 0.125. The average molecular weight is 357 g/mol. The van der Waals surface area contributed by atoms with Crippen molar-refractivity contribution in [3.63, 3.8) is 0 Å². The maximum atomic E-state index is 11.6. The van der Waals surface area contributed by atoms with Crippen LogP contribution in [0.2, 0.25) is 5.02 Å². The number of nitro benzene ring substituents is 1. The molecule has 0 amide bonds. The van der Waals surface area contributed by atoms with Gasteiger partial charge in [0.05, 0.1) is 10.5 Å². The molecule has 0 fully saturated rings. The highest BCUT2D eigenvalue weighted by atomic mass is 79.9. The molecule has 1 aromatic rings. The van der Waals surface area contributed by atoms with Crippen LogP contribution in [0, 0.1) is 10.1 Å². The Labute approximate surface area is 107 Å². The van der Waals surface area contributed by atoms with Crippen LogP contribution in [-0.2, 0) is 0 Å². The van der Waals surface area contributed by atoms with E-state index in [4.69, 9.17) is 11.6 Å². The number of Topliss-reactive ketones (excluding diaryl/α,β-unsaturated/α-hetero) is 1. The Kier molecular flexibility index (Phi) is 4.24. The van der Waals surface area contributed by atoms with Gasteiger partial charge in [0, 0.05) is 11.1 Å². The van der Waals surface area contributed by atoms with E-state index in [0.717, 1.165) is 0 Å². The van der Waals surface area contributed by atoms with Crippen molar-refractivity contribution in [3.05, 3.63) is 38.9 Å². The number of carbonyl (C=O) groups is 1. The first-order valence-corrected chi connectivity index (χ1v) is 5.90. The number of hydrogen-bond acceptors (Lipinski definition) is 3. The fourth-order valence-electron chi connectivity index (χ4n) is 0.982. The van der Waals surface area contributed by atoms with E-state index in [-0.39, 0.29) is 16.3 Å². The number of hydrogen-bond donors (Lipinski definition) is 0. The molecular weight excluding hydrogens is 353 g/mol. The summed E-state index contributed by atoms with van der Waals surface area (Å²) in [5.41, 5.74) is -0.278. The molecule has 1 rings (SSSR count). The zero-order chi connectivity index (χ0) is 11.6. The molecule has 80 valence electrons. The van der Waals surface area contributed by atoms with Crippen molar-refractivity contribution in [3.8, 4) is 0 Å². The molecule has 0 spiro atoms. The van der Waals surface area contributed by atoms with Crippen LogP contribution in [0.4, 0.5) is 5.69 Å². The molecule has 0 radical (unpaired) electrons. The first-order valence-electron chi connectivity index (χ1n) is 3.70. The van der Waals surface area contributed by atoms with Crippen molar-refractivity contribution in [1.82, 2.24) is 0 Å². The SMILES string of the molecule is O=C(c1cc(Cl)ccc1[N+](=O)[O-])C(Br)Br. The molecular formula is C8H4Br2ClNO3. The Morgan fingerprint density at radius 3 is 2.53 bits per heavy atom. The summed E-state index contributed by atoms with van der Waals surface area (Å²) < 4.78 is -0.665. The highest BCUT2D eigenvalue weighted by molar-refractivity contribution is 9.25. The molecule has 4 nitrogen and oxygen atoms in total. The molecule has 0 saturated heterocycles. The smallest absolute Gasteiger partial charge is 0.280 e. The first-order chi connectivity index (χ1) is 6.93. The molecule has 0 bridgehead atoms. The molecule has 1 aromatic carbocycles. The van der Waals surface area contributed by atoms with Gasteiger partial charge in [0.15, 0.2) is 5.78 Å². The van der Waals surface area contributed by atoms with Gasteiger partial charge in [-0.25, -0.2) is 0 Å². The lowest BCUT2D eigenvalue weighted by molar-refractivity contribution is -0.385. The molecule has 0 aliphatic rings. The van der Waals surface area contributed by atoms with E-state index in [0.29, 0.717) is 0 Å². The third-order valence-electron chi connectivity index (χ3n) is 1.62. The molecule has 0 unspecified atom stereocenters. The zero-order valence-corrected chi connectivity index (χ0v) is 11.0. The molecule has 15 heavy (non-hydrogen) atoms. The zero-order valence-electron chi connectivity index (χ0n) is 7.12. The van der Waals surface area contributed by atoms with Crippen molar-refractivity contribution in [2.24, 2.45) is 0 Å². The van der Waals surface area contributed by atoms with Crippen molar-refractivity contribution in [2.75, 3.05) is 0 Å². The predicted octanol–water partition coefficient (Wildman–Crippen LogP) is 3.55. The molecule has 0 aliphatic carbocycles. The summed E-state index contributed by atoms with van der Waals surface area (Å²) in [5, 5.41) is 10.9. The van der Waals surface area contributed by atoms with Gasteiger partial charge in [-0.1, -0.05) is 43.5 Å². The van der Waals surface area contributed by atoms with Crippen LogP contribution < -0.4 is 0 Å². The third-order valence-corrected chi connectivity index (χ3v) is 2.69. The second kappa shape index (κ2) is 5.05. The summed E-state index contributed by atoms with van der Waals surface area (Å²) in [4.78, 5) is 21.6. The summed E-state index contributed by atoms with van der Waals surface area (Å²) in [6.45, 7) is 0. The van der Waals surface area contributed by atoms with Gasteiger partial charge in [0.2, 0.25) is 0 Å². The summed E-state index contributed by atoms with van der Waals surface area (Å²) in [6.07, 6.45) is 0. The van der Waals surface area contributed by atoms with E-state index >= 15 is 0 Å². The van der Waals surface area contributed by atoms with Crippen LogP contribution in [-0.4, -0.2) is 14.4 Å². The molecule has 7 heteroatoms. The predicted molar refractivity (Wildman–Crippen MR) is 64.1 cm³/mol. The van der Waals surface area contributed by atoms with Gasteiger partial charge in [-0.3, -0.25) is 14.9 Å². The van der Waals surface area contributed by atoms with E-state index in [9.17, 15) is 14.9 Å². The molecule has 0 heterocycles. The number of carbonyl (C=O) groups excluding carboxylic acids is 1. The Balaban J connectivity index is 3.30. The number of benzene rings is 1. The number of ketones is 1. The summed E-state index contributed by atoms with van der Waals surface area (Å²) >= 11 is 11.6. The van der Waals surface area contributed by atoms with E-state index in [2.05, 4.69) is 31.9 Å². The second-order valence-electron chi connectivity index (χ2n) is 2.58. The lowest BCUT2D eigenvalue weighted by Crippen LogP contribution is -2.10. The van der Waals surface area contributed by atoms with Crippen LogP contribution in [0.25, 0.3) is 0 Å². The molecule has 0 saturated carbocycles. The highest BCUT2D eigenvalue weighted by Crippen LogP contribution is 2.26. The van der Waals surface area contributed by atoms with Gasteiger partial charge in [-0.05, 0) is 12.1 Å². The van der Waals surface area contributed by atoms with Crippen LogP contribution in [0.3, 0.4) is 0 Å². The van der Waals surface area contributed by atoms with Crippen molar-refractivity contribution in [1.29, 1.82) is 0 Å². The number of nitro groups is 1. The third kappa shape index (κ3) is 2.99. The lowest BCUT2D eigenvalue weighted by atomic mass is 10.1. The lowest BCUT2D eigenvalue weighted by Gasteiger charge is -2.03. The Morgan fingerprint density at radius 1 is 1.47 bits per heavy atom. The average Bonchev–Trinajstić information content (AvgIpc) is 2.15. The number of rotatable bonds is 3. The minimum Gasteiger partial charge on any atom is -0.292 e. The van der Waals surface area contributed by atoms with Crippen molar-refractivity contribution in [2.45, 2.75) is 3.74 Å². The van der Waals surface area contributed by atoms with Gasteiger partial charge in [0.25, 0.3) is 5.69 Å². The summed E-state index contributed by atoms with van der Waals surface area (Å²) in [7, 11) is 0. The van der Waals surface area contributed by atoms with E-state index < -0.39 is 14.4 Å². The second-order valence-corrected chi connectivity index (χ2v) is 6.08. The van der Waals surface area contributed by atoms with Gasteiger partial charge >= 0.3 is 0 Å².